The minimum Gasteiger partial charge on any atom is -0.426 e. The lowest BCUT2D eigenvalue weighted by atomic mass is 8.92. The van der Waals surface area contributed by atoms with Crippen LogP contribution in [0.3, 0.4) is 0 Å². The predicted molar refractivity (Wildman–Crippen MR) is 134 cm³/mol. The predicted octanol–water partition coefficient (Wildman–Crippen LogP) is 0.658. The van der Waals surface area contributed by atoms with Gasteiger partial charge in [0.1, 0.15) is 29.3 Å². The monoisotopic (exact) mass is 534 g/mol. The molecule has 0 radical (unpaired) electrons. The van der Waals surface area contributed by atoms with Gasteiger partial charge < -0.3 is 15.4 Å². The Kier molecular flexibility index (Phi) is 3.49. The lowest BCUT2D eigenvalue weighted by Gasteiger charge is -3.11. The second-order valence-corrected chi connectivity index (χ2v) is 12.1. The summed E-state index contributed by atoms with van der Waals surface area (Å²) in [5.74, 6) is 4.76. The maximum absolute atomic E-state index is 13.4. The van der Waals surface area contributed by atoms with E-state index in [1.807, 2.05) is 6.07 Å². The highest BCUT2D eigenvalue weighted by atomic mass is 16.5. The molecule has 0 unspecified atom stereocenters. The molecule has 6 aliphatic carbocycles. The van der Waals surface area contributed by atoms with Crippen molar-refractivity contribution in [3.63, 3.8) is 0 Å². The molecule has 3 N–H and O–H groups in total. The van der Waals surface area contributed by atoms with Crippen LogP contribution in [0.15, 0.2) is 42.9 Å². The zero-order valence-electron chi connectivity index (χ0n) is 21.0. The summed E-state index contributed by atoms with van der Waals surface area (Å²) in [6, 6.07) is 8.56. The fraction of sp³-hybridized carbons (Fsp3) is 0.393. The summed E-state index contributed by atoms with van der Waals surface area (Å²) >= 11 is 0. The van der Waals surface area contributed by atoms with E-state index in [9.17, 15) is 14.4 Å². The van der Waals surface area contributed by atoms with Crippen LogP contribution in [0.25, 0.3) is 5.65 Å². The topological polar surface area (TPSA) is 156 Å². The number of H-pyrrole nitrogens is 1. The lowest BCUT2D eigenvalue weighted by Crippen LogP contribution is -3.12. The van der Waals surface area contributed by atoms with Crippen molar-refractivity contribution in [1.29, 1.82) is 0 Å². The van der Waals surface area contributed by atoms with E-state index in [4.69, 9.17) is 4.74 Å². The fourth-order valence-corrected chi connectivity index (χ4v) is 10.1. The van der Waals surface area contributed by atoms with E-state index in [2.05, 4.69) is 35.9 Å². The van der Waals surface area contributed by atoms with Crippen molar-refractivity contribution in [2.24, 2.45) is 40.9 Å². The molecule has 12 heteroatoms. The number of esters is 1. The summed E-state index contributed by atoms with van der Waals surface area (Å²) in [4.78, 5) is 46.9. The highest BCUT2D eigenvalue weighted by molar-refractivity contribution is 5.98. The van der Waals surface area contributed by atoms with Crippen LogP contribution in [0.4, 0.5) is 0 Å². The van der Waals surface area contributed by atoms with E-state index in [-0.39, 0.29) is 47.1 Å². The van der Waals surface area contributed by atoms with Crippen LogP contribution in [0.5, 0.6) is 5.75 Å². The summed E-state index contributed by atoms with van der Waals surface area (Å²) in [5.41, 5.74) is 2.98. The van der Waals surface area contributed by atoms with Crippen LogP contribution < -0.4 is 15.4 Å². The van der Waals surface area contributed by atoms with Crippen molar-refractivity contribution in [3.8, 4) is 5.75 Å². The van der Waals surface area contributed by atoms with Crippen LogP contribution in [0.1, 0.15) is 37.9 Å². The van der Waals surface area contributed by atoms with Crippen molar-refractivity contribution < 1.29 is 19.1 Å². The number of hydrogen-bond acceptors (Lipinski definition) is 8. The lowest BCUT2D eigenvalue weighted by molar-refractivity contribution is -0.627. The standard InChI is InChI=1S/C28H22N8O4/c37-17-6-12-5-11(1-2-15(12)40-17)8-29-24(38)13-7-14(36-16(34-13)3-4-33-36)25(39)30-9-27-18-21-19(27)23-20(27)22(18)28(21,23)26-31-10-32-35-26/h1-5,7,10,18-23H,6,8-9H2,(H,29,38)(H,30,39)(H,31,32,35). The van der Waals surface area contributed by atoms with Crippen molar-refractivity contribution in [3.05, 3.63) is 71.2 Å². The number of aromatic nitrogens is 6. The van der Waals surface area contributed by atoms with Gasteiger partial charge in [0.2, 0.25) is 0 Å². The van der Waals surface area contributed by atoms with Gasteiger partial charge in [0.05, 0.1) is 12.6 Å². The Hall–Kier alpha value is -4.61. The molecule has 6 fully saturated rings. The van der Waals surface area contributed by atoms with Crippen LogP contribution in [-0.4, -0.2) is 54.1 Å². The Morgan fingerprint density at radius 1 is 1.05 bits per heavy atom. The summed E-state index contributed by atoms with van der Waals surface area (Å²) in [6.45, 7) is 0.901. The van der Waals surface area contributed by atoms with Gasteiger partial charge in [-0.15, -0.1) is 0 Å². The second kappa shape index (κ2) is 6.57. The first-order valence-electron chi connectivity index (χ1n) is 13.6. The Bertz CT molecular complexity index is 1790. The van der Waals surface area contributed by atoms with Gasteiger partial charge in [-0.3, -0.25) is 19.5 Å². The van der Waals surface area contributed by atoms with E-state index in [1.54, 1.807) is 30.7 Å². The zero-order valence-corrected chi connectivity index (χ0v) is 21.0. The number of benzene rings is 1. The van der Waals surface area contributed by atoms with Crippen molar-refractivity contribution >= 4 is 23.4 Å². The molecule has 7 aliphatic rings. The molecule has 2 amide bonds. The van der Waals surface area contributed by atoms with Crippen LogP contribution in [0.2, 0.25) is 0 Å². The Morgan fingerprint density at radius 2 is 1.88 bits per heavy atom. The normalized spacial score (nSPS) is 35.8. The van der Waals surface area contributed by atoms with E-state index < -0.39 is 5.91 Å². The number of ether oxygens (including phenoxy) is 1. The SMILES string of the molecule is O=C1Cc2cc(CNC(=O)c3cc(C(=O)NCC45C6C7C4C4C5C6C74c4ncn[nH]4)n4nccc4n3)ccc2O1. The number of nitrogens with one attached hydrogen (secondary N) is 3. The van der Waals surface area contributed by atoms with Crippen molar-refractivity contribution in [2.75, 3.05) is 6.54 Å². The smallest absolute Gasteiger partial charge is 0.315 e. The Labute approximate surface area is 225 Å². The molecule has 0 spiro atoms. The third-order valence-electron chi connectivity index (χ3n) is 11.2. The molecule has 1 aliphatic heterocycles. The molecular formula is C28H22N8O4. The van der Waals surface area contributed by atoms with Crippen LogP contribution in [0, 0.1) is 40.9 Å². The van der Waals surface area contributed by atoms with Crippen molar-refractivity contribution in [1.82, 2.24) is 40.4 Å². The molecular weight excluding hydrogens is 512 g/mol. The molecule has 0 saturated heterocycles. The fourth-order valence-electron chi connectivity index (χ4n) is 10.1. The first-order valence-corrected chi connectivity index (χ1v) is 13.6. The Balaban J connectivity index is 0.850. The van der Waals surface area contributed by atoms with Gasteiger partial charge in [0.25, 0.3) is 11.8 Å². The quantitative estimate of drug-likeness (QED) is 0.231. The van der Waals surface area contributed by atoms with Crippen LogP contribution in [-0.2, 0) is 23.2 Å². The molecule has 40 heavy (non-hydrogen) atoms. The first-order chi connectivity index (χ1) is 19.5. The van der Waals surface area contributed by atoms with Crippen molar-refractivity contribution in [2.45, 2.75) is 18.4 Å². The number of carbonyl (C=O) groups is 3. The highest BCUT2D eigenvalue weighted by Crippen LogP contribution is 3.09. The van der Waals surface area contributed by atoms with Gasteiger partial charge in [-0.2, -0.15) is 10.2 Å². The Morgan fingerprint density at radius 3 is 2.65 bits per heavy atom. The molecule has 3 aromatic heterocycles. The minimum absolute atomic E-state index is 0.142. The molecule has 6 saturated carbocycles. The minimum atomic E-state index is -0.399. The number of amides is 2. The maximum atomic E-state index is 13.4. The number of carbonyl (C=O) groups excluding carboxylic acids is 3. The molecule has 12 nitrogen and oxygen atoms in total. The molecule has 0 atom stereocenters. The van der Waals surface area contributed by atoms with Gasteiger partial charge in [-0.1, -0.05) is 6.07 Å². The summed E-state index contributed by atoms with van der Waals surface area (Å²) in [7, 11) is 0. The number of nitrogens with zero attached hydrogens (tertiary/aromatic N) is 5. The van der Waals surface area contributed by atoms with E-state index in [0.29, 0.717) is 53.4 Å². The average molecular weight is 535 g/mol. The largest absolute Gasteiger partial charge is 0.426 e. The number of aromatic amines is 1. The third-order valence-corrected chi connectivity index (χ3v) is 11.2. The van der Waals surface area contributed by atoms with Gasteiger partial charge >= 0.3 is 5.97 Å². The van der Waals surface area contributed by atoms with E-state index >= 15 is 0 Å². The number of fused-ring (bicyclic) bond motifs is 2. The van der Waals surface area contributed by atoms with Gasteiger partial charge in [0, 0.05) is 36.2 Å². The van der Waals surface area contributed by atoms with Gasteiger partial charge in [-0.25, -0.2) is 14.5 Å². The maximum Gasteiger partial charge on any atom is 0.315 e. The third kappa shape index (κ3) is 2.06. The molecule has 4 heterocycles. The summed E-state index contributed by atoms with van der Waals surface area (Å²) < 4.78 is 6.61. The number of rotatable bonds is 7. The molecule has 4 aromatic rings. The average Bonchev–Trinajstić information content (AvgIpc) is 3.74. The molecule has 198 valence electrons. The van der Waals surface area contributed by atoms with E-state index in [0.717, 1.165) is 17.0 Å². The van der Waals surface area contributed by atoms with Gasteiger partial charge in [-0.05, 0) is 58.6 Å². The summed E-state index contributed by atoms with van der Waals surface area (Å²) in [6.07, 6.45) is 3.40. The second-order valence-electron chi connectivity index (χ2n) is 12.1. The number of hydrogen-bond donors (Lipinski definition) is 3. The first kappa shape index (κ1) is 21.2. The molecule has 0 bridgehead atoms. The highest BCUT2D eigenvalue weighted by Gasteiger charge is 3.10. The summed E-state index contributed by atoms with van der Waals surface area (Å²) in [5, 5.41) is 17.5. The molecule has 11 rings (SSSR count). The van der Waals surface area contributed by atoms with Crippen LogP contribution >= 0.6 is 0 Å². The van der Waals surface area contributed by atoms with Gasteiger partial charge in [0.15, 0.2) is 5.65 Å². The van der Waals surface area contributed by atoms with E-state index in [1.165, 1.54) is 10.6 Å². The molecule has 1 aromatic carbocycles. The zero-order chi connectivity index (χ0) is 26.5.